The largest absolute Gasteiger partial charge is 0.500 e. The molecule has 29 heavy (non-hydrogen) atoms. The summed E-state index contributed by atoms with van der Waals surface area (Å²) in [6.07, 6.45) is 1.06. The molecule has 2 aromatic rings. The lowest BCUT2D eigenvalue weighted by atomic mass is 10.1. The maximum Gasteiger partial charge on any atom is 0.335 e. The zero-order chi connectivity index (χ0) is 21.3. The van der Waals surface area contributed by atoms with E-state index in [0.717, 1.165) is 17.0 Å². The molecule has 2 aromatic carbocycles. The number of hydrogen-bond donors (Lipinski definition) is 2. The molecule has 0 saturated carbocycles. The number of urea groups is 1. The third kappa shape index (κ3) is 3.73. The standard InChI is InChI=1S/C18H12ClN3O7/c1-29-14-8-9(7-13(15(14)23)22(27)28)6-12-16(24)20-18(26)21(17(12)25)11-4-2-10(19)3-5-11/h2-8,23H,1H3,(H,20,24,26)/b12-6+. The Morgan fingerprint density at radius 2 is 1.86 bits per heavy atom. The van der Waals surface area contributed by atoms with E-state index in [1.54, 1.807) is 0 Å². The van der Waals surface area contributed by atoms with Crippen molar-refractivity contribution in [3.63, 3.8) is 0 Å². The lowest BCUT2D eigenvalue weighted by molar-refractivity contribution is -0.386. The molecule has 0 atom stereocenters. The van der Waals surface area contributed by atoms with Crippen LogP contribution in [0.2, 0.25) is 5.02 Å². The minimum atomic E-state index is -0.972. The molecule has 0 bridgehead atoms. The van der Waals surface area contributed by atoms with Crippen LogP contribution in [-0.2, 0) is 9.59 Å². The molecule has 148 valence electrons. The van der Waals surface area contributed by atoms with Gasteiger partial charge in [-0.3, -0.25) is 25.0 Å². The molecule has 1 fully saturated rings. The number of barbiturate groups is 1. The van der Waals surface area contributed by atoms with Crippen molar-refractivity contribution in [2.24, 2.45) is 0 Å². The smallest absolute Gasteiger partial charge is 0.335 e. The first-order valence-corrected chi connectivity index (χ1v) is 8.33. The Kier molecular flexibility index (Phi) is 5.20. The van der Waals surface area contributed by atoms with Gasteiger partial charge in [0.1, 0.15) is 5.57 Å². The van der Waals surface area contributed by atoms with Gasteiger partial charge in [0, 0.05) is 11.1 Å². The van der Waals surface area contributed by atoms with Crippen LogP contribution in [-0.4, -0.2) is 35.0 Å². The van der Waals surface area contributed by atoms with E-state index in [2.05, 4.69) is 0 Å². The average Bonchev–Trinajstić information content (AvgIpc) is 2.67. The maximum absolute atomic E-state index is 12.8. The number of anilines is 1. The van der Waals surface area contributed by atoms with E-state index in [-0.39, 0.29) is 17.0 Å². The maximum atomic E-state index is 12.8. The van der Waals surface area contributed by atoms with Gasteiger partial charge in [0.15, 0.2) is 5.75 Å². The van der Waals surface area contributed by atoms with E-state index in [1.165, 1.54) is 37.4 Å². The van der Waals surface area contributed by atoms with Gasteiger partial charge in [0.05, 0.1) is 17.7 Å². The lowest BCUT2D eigenvalue weighted by Crippen LogP contribution is -2.54. The summed E-state index contributed by atoms with van der Waals surface area (Å²) in [5.41, 5.74) is -0.910. The van der Waals surface area contributed by atoms with Crippen molar-refractivity contribution < 1.29 is 29.2 Å². The topological polar surface area (TPSA) is 139 Å². The Bertz CT molecular complexity index is 1080. The van der Waals surface area contributed by atoms with Gasteiger partial charge in [0.25, 0.3) is 11.8 Å². The van der Waals surface area contributed by atoms with Crippen LogP contribution in [0.15, 0.2) is 42.0 Å². The Hall–Kier alpha value is -3.92. The molecule has 1 aliphatic heterocycles. The van der Waals surface area contributed by atoms with E-state index in [9.17, 15) is 29.6 Å². The highest BCUT2D eigenvalue weighted by atomic mass is 35.5. The first kappa shape index (κ1) is 19.8. The molecular weight excluding hydrogens is 406 g/mol. The number of nitro groups is 1. The van der Waals surface area contributed by atoms with Gasteiger partial charge in [-0.25, -0.2) is 9.69 Å². The second-order valence-electron chi connectivity index (χ2n) is 5.78. The molecular formula is C18H12ClN3O7. The summed E-state index contributed by atoms with van der Waals surface area (Å²) >= 11 is 5.81. The number of hydrogen-bond acceptors (Lipinski definition) is 7. The fourth-order valence-corrected chi connectivity index (χ4v) is 2.77. The number of halogens is 1. The Labute approximate surface area is 168 Å². The molecule has 0 radical (unpaired) electrons. The molecule has 4 amide bonds. The molecule has 1 heterocycles. The number of nitrogens with zero attached hydrogens (tertiary/aromatic N) is 2. The molecule has 10 nitrogen and oxygen atoms in total. The third-order valence-corrected chi connectivity index (χ3v) is 4.24. The molecule has 0 aliphatic carbocycles. The molecule has 0 aromatic heterocycles. The van der Waals surface area contributed by atoms with Crippen molar-refractivity contribution in [2.75, 3.05) is 12.0 Å². The van der Waals surface area contributed by atoms with Gasteiger partial charge < -0.3 is 9.84 Å². The normalized spacial score (nSPS) is 15.4. The molecule has 0 spiro atoms. The van der Waals surface area contributed by atoms with Crippen molar-refractivity contribution in [1.82, 2.24) is 5.32 Å². The zero-order valence-electron chi connectivity index (χ0n) is 14.7. The molecule has 11 heteroatoms. The fourth-order valence-electron chi connectivity index (χ4n) is 2.64. The molecule has 1 aliphatic rings. The number of benzene rings is 2. The number of phenols is 1. The van der Waals surface area contributed by atoms with Crippen molar-refractivity contribution in [1.29, 1.82) is 0 Å². The average molecular weight is 418 g/mol. The Morgan fingerprint density at radius 1 is 1.21 bits per heavy atom. The van der Waals surface area contributed by atoms with Crippen LogP contribution in [0.3, 0.4) is 0 Å². The SMILES string of the molecule is COc1cc(/C=C2\C(=O)NC(=O)N(c3ccc(Cl)cc3)C2=O)cc([N+](=O)[O-])c1O. The van der Waals surface area contributed by atoms with Crippen molar-refractivity contribution in [2.45, 2.75) is 0 Å². The van der Waals surface area contributed by atoms with Crippen molar-refractivity contribution in [3.8, 4) is 11.5 Å². The van der Waals surface area contributed by atoms with Gasteiger partial charge in [0.2, 0.25) is 5.75 Å². The summed E-state index contributed by atoms with van der Waals surface area (Å²) in [7, 11) is 1.19. The van der Waals surface area contributed by atoms with Crippen LogP contribution in [0, 0.1) is 10.1 Å². The highest BCUT2D eigenvalue weighted by Gasteiger charge is 2.37. The number of nitro benzene ring substituents is 1. The van der Waals surface area contributed by atoms with Crippen molar-refractivity contribution in [3.05, 3.63) is 62.7 Å². The first-order chi connectivity index (χ1) is 13.7. The summed E-state index contributed by atoms with van der Waals surface area (Å²) < 4.78 is 4.89. The van der Waals surface area contributed by atoms with Gasteiger partial charge in [-0.05, 0) is 42.0 Å². The summed E-state index contributed by atoms with van der Waals surface area (Å²) in [5, 5.41) is 23.4. The van der Waals surface area contributed by atoms with Gasteiger partial charge in [-0.1, -0.05) is 11.6 Å². The third-order valence-electron chi connectivity index (χ3n) is 3.99. The number of phenolic OH excluding ortho intramolecular Hbond substituents is 1. The number of ether oxygens (including phenoxy) is 1. The van der Waals surface area contributed by atoms with E-state index >= 15 is 0 Å². The fraction of sp³-hybridized carbons (Fsp3) is 0.0556. The van der Waals surface area contributed by atoms with Crippen molar-refractivity contribution >= 4 is 46.9 Å². The highest BCUT2D eigenvalue weighted by molar-refractivity contribution is 6.39. The second-order valence-corrected chi connectivity index (χ2v) is 6.22. The summed E-state index contributed by atoms with van der Waals surface area (Å²) in [5.74, 6) is -2.83. The van der Waals surface area contributed by atoms with Gasteiger partial charge in [-0.15, -0.1) is 0 Å². The van der Waals surface area contributed by atoms with Crippen LogP contribution in [0.25, 0.3) is 6.08 Å². The molecule has 2 N–H and O–H groups in total. The van der Waals surface area contributed by atoms with Crippen LogP contribution in [0.1, 0.15) is 5.56 Å². The van der Waals surface area contributed by atoms with Crippen LogP contribution in [0.4, 0.5) is 16.2 Å². The van der Waals surface area contributed by atoms with E-state index in [1.807, 2.05) is 5.32 Å². The predicted molar refractivity (Wildman–Crippen MR) is 102 cm³/mol. The van der Waals surface area contributed by atoms with E-state index in [0.29, 0.717) is 5.02 Å². The molecule has 0 unspecified atom stereocenters. The monoisotopic (exact) mass is 417 g/mol. The summed E-state index contributed by atoms with van der Waals surface area (Å²) in [4.78, 5) is 48.2. The first-order valence-electron chi connectivity index (χ1n) is 7.95. The minimum absolute atomic E-state index is 0.0373. The Balaban J connectivity index is 2.08. The zero-order valence-corrected chi connectivity index (χ0v) is 15.5. The number of aromatic hydroxyl groups is 1. The molecule has 1 saturated heterocycles. The highest BCUT2D eigenvalue weighted by Crippen LogP contribution is 2.37. The van der Waals surface area contributed by atoms with E-state index < -0.39 is 39.8 Å². The Morgan fingerprint density at radius 3 is 2.45 bits per heavy atom. The van der Waals surface area contributed by atoms with Crippen LogP contribution >= 0.6 is 11.6 Å². The number of rotatable bonds is 4. The van der Waals surface area contributed by atoms with Crippen LogP contribution in [0.5, 0.6) is 11.5 Å². The minimum Gasteiger partial charge on any atom is -0.500 e. The number of carbonyl (C=O) groups is 3. The van der Waals surface area contributed by atoms with Gasteiger partial charge in [-0.2, -0.15) is 0 Å². The lowest BCUT2D eigenvalue weighted by Gasteiger charge is -2.26. The van der Waals surface area contributed by atoms with Crippen LogP contribution < -0.4 is 15.0 Å². The quantitative estimate of drug-likeness (QED) is 0.337. The van der Waals surface area contributed by atoms with E-state index in [4.69, 9.17) is 16.3 Å². The number of methoxy groups -OCH3 is 1. The number of carbonyl (C=O) groups excluding carboxylic acids is 3. The number of imide groups is 2. The summed E-state index contributed by atoms with van der Waals surface area (Å²) in [6.45, 7) is 0. The molecule has 3 rings (SSSR count). The second kappa shape index (κ2) is 7.60. The number of amides is 4. The predicted octanol–water partition coefficient (Wildman–Crippen LogP) is 2.63. The summed E-state index contributed by atoms with van der Waals surface area (Å²) in [6, 6.07) is 6.99. The number of nitrogens with one attached hydrogen (secondary N) is 1. The van der Waals surface area contributed by atoms with Gasteiger partial charge >= 0.3 is 11.7 Å².